The van der Waals surface area contributed by atoms with Gasteiger partial charge in [-0.1, -0.05) is 6.07 Å². The summed E-state index contributed by atoms with van der Waals surface area (Å²) in [5.74, 6) is -0.610. The van der Waals surface area contributed by atoms with Crippen molar-refractivity contribution in [1.82, 2.24) is 0 Å². The van der Waals surface area contributed by atoms with Crippen molar-refractivity contribution in [2.75, 3.05) is 20.8 Å². The van der Waals surface area contributed by atoms with E-state index < -0.39 is 11.9 Å². The zero-order chi connectivity index (χ0) is 12.1. The van der Waals surface area contributed by atoms with Crippen LogP contribution in [-0.2, 0) is 4.79 Å². The number of hydrogen-bond donors (Lipinski definition) is 2. The normalized spacial score (nSPS) is 11.9. The molecule has 5 heteroatoms. The molecule has 1 unspecified atom stereocenters. The molecule has 0 aromatic heterocycles. The number of carbonyl (C=O) groups is 1. The van der Waals surface area contributed by atoms with Crippen molar-refractivity contribution in [3.63, 3.8) is 0 Å². The highest BCUT2D eigenvalue weighted by Gasteiger charge is 2.19. The van der Waals surface area contributed by atoms with E-state index in [0.29, 0.717) is 17.1 Å². The topological polar surface area (TPSA) is 81.8 Å². The third-order valence-electron chi connectivity index (χ3n) is 2.34. The maximum absolute atomic E-state index is 10.9. The second-order valence-electron chi connectivity index (χ2n) is 3.24. The smallest absolute Gasteiger partial charge is 0.312 e. The molecule has 0 saturated carbocycles. The summed E-state index contributed by atoms with van der Waals surface area (Å²) in [6.45, 7) is 0.0464. The molecular formula is C11H15NO4. The molecule has 0 aliphatic carbocycles. The molecule has 1 aromatic carbocycles. The predicted octanol–water partition coefficient (Wildman–Crippen LogP) is 0.831. The molecule has 1 aromatic rings. The zero-order valence-electron chi connectivity index (χ0n) is 9.27. The van der Waals surface area contributed by atoms with Crippen LogP contribution in [0, 0.1) is 0 Å². The van der Waals surface area contributed by atoms with Gasteiger partial charge >= 0.3 is 5.97 Å². The molecule has 1 rings (SSSR count). The van der Waals surface area contributed by atoms with Crippen molar-refractivity contribution in [2.45, 2.75) is 5.92 Å². The third kappa shape index (κ3) is 2.43. The van der Waals surface area contributed by atoms with E-state index in [9.17, 15) is 4.79 Å². The predicted molar refractivity (Wildman–Crippen MR) is 59.0 cm³/mol. The molecule has 1 atom stereocenters. The highest BCUT2D eigenvalue weighted by Crippen LogP contribution is 2.30. The number of methoxy groups -OCH3 is 2. The SMILES string of the molecule is COc1ccc(C(CN)C(=O)O)cc1OC. The van der Waals surface area contributed by atoms with Gasteiger partial charge in [-0.05, 0) is 17.7 Å². The van der Waals surface area contributed by atoms with Gasteiger partial charge in [0, 0.05) is 6.54 Å². The lowest BCUT2D eigenvalue weighted by atomic mass is 9.99. The monoisotopic (exact) mass is 225 g/mol. The Bertz CT molecular complexity index is 378. The molecule has 5 nitrogen and oxygen atoms in total. The van der Waals surface area contributed by atoms with E-state index in [1.807, 2.05) is 0 Å². The van der Waals surface area contributed by atoms with E-state index in [0.717, 1.165) is 0 Å². The standard InChI is InChI=1S/C11H15NO4/c1-15-9-4-3-7(5-10(9)16-2)8(6-12)11(13)14/h3-5,8H,6,12H2,1-2H3,(H,13,14). The van der Waals surface area contributed by atoms with Crippen LogP contribution in [0.25, 0.3) is 0 Å². The largest absolute Gasteiger partial charge is 0.493 e. The third-order valence-corrected chi connectivity index (χ3v) is 2.34. The second-order valence-corrected chi connectivity index (χ2v) is 3.24. The fourth-order valence-corrected chi connectivity index (χ4v) is 1.45. The number of hydrogen-bond acceptors (Lipinski definition) is 4. The molecule has 0 amide bonds. The summed E-state index contributed by atoms with van der Waals surface area (Å²) in [5, 5.41) is 8.96. The number of aliphatic carboxylic acids is 1. The van der Waals surface area contributed by atoms with E-state index in [4.69, 9.17) is 20.3 Å². The maximum Gasteiger partial charge on any atom is 0.312 e. The molecule has 0 aliphatic rings. The summed E-state index contributed by atoms with van der Waals surface area (Å²) in [6, 6.07) is 4.97. The molecule has 0 radical (unpaired) electrons. The fraction of sp³-hybridized carbons (Fsp3) is 0.364. The quantitative estimate of drug-likeness (QED) is 0.775. The van der Waals surface area contributed by atoms with Crippen LogP contribution in [0.2, 0.25) is 0 Å². The second kappa shape index (κ2) is 5.37. The van der Waals surface area contributed by atoms with E-state index in [2.05, 4.69) is 0 Å². The van der Waals surface area contributed by atoms with Crippen LogP contribution in [0.3, 0.4) is 0 Å². The lowest BCUT2D eigenvalue weighted by Crippen LogP contribution is -2.21. The van der Waals surface area contributed by atoms with E-state index in [1.165, 1.54) is 14.2 Å². The summed E-state index contributed by atoms with van der Waals surface area (Å²) in [7, 11) is 3.02. The Morgan fingerprint density at radius 2 is 2.00 bits per heavy atom. The maximum atomic E-state index is 10.9. The van der Waals surface area contributed by atoms with Gasteiger partial charge in [-0.2, -0.15) is 0 Å². The molecule has 88 valence electrons. The number of carboxylic acid groups (broad SMARTS) is 1. The van der Waals surface area contributed by atoms with Gasteiger partial charge in [-0.25, -0.2) is 0 Å². The van der Waals surface area contributed by atoms with Crippen molar-refractivity contribution in [3.05, 3.63) is 23.8 Å². The van der Waals surface area contributed by atoms with Crippen LogP contribution < -0.4 is 15.2 Å². The van der Waals surface area contributed by atoms with Crippen LogP contribution in [0.5, 0.6) is 11.5 Å². The Morgan fingerprint density at radius 3 is 2.44 bits per heavy atom. The van der Waals surface area contributed by atoms with Crippen LogP contribution >= 0.6 is 0 Å². The Hall–Kier alpha value is -1.75. The summed E-state index contributed by atoms with van der Waals surface area (Å²) in [5.41, 5.74) is 6.02. The summed E-state index contributed by atoms with van der Waals surface area (Å²) in [4.78, 5) is 10.9. The molecule has 3 N–H and O–H groups in total. The van der Waals surface area contributed by atoms with Gasteiger partial charge in [0.1, 0.15) is 0 Å². The van der Waals surface area contributed by atoms with Crippen molar-refractivity contribution in [2.24, 2.45) is 5.73 Å². The minimum Gasteiger partial charge on any atom is -0.493 e. The summed E-state index contributed by atoms with van der Waals surface area (Å²) >= 11 is 0. The first-order valence-corrected chi connectivity index (χ1v) is 4.78. The minimum atomic E-state index is -0.949. The van der Waals surface area contributed by atoms with Crippen molar-refractivity contribution >= 4 is 5.97 Å². The Balaban J connectivity index is 3.11. The number of rotatable bonds is 5. The average Bonchev–Trinajstić information content (AvgIpc) is 2.29. The van der Waals surface area contributed by atoms with Crippen molar-refractivity contribution in [3.8, 4) is 11.5 Å². The lowest BCUT2D eigenvalue weighted by Gasteiger charge is -2.13. The number of ether oxygens (including phenoxy) is 2. The Labute approximate surface area is 93.8 Å². The molecular weight excluding hydrogens is 210 g/mol. The molecule has 0 bridgehead atoms. The van der Waals surface area contributed by atoms with Gasteiger partial charge in [0.15, 0.2) is 11.5 Å². The highest BCUT2D eigenvalue weighted by molar-refractivity contribution is 5.76. The van der Waals surface area contributed by atoms with Crippen LogP contribution in [-0.4, -0.2) is 31.8 Å². The lowest BCUT2D eigenvalue weighted by molar-refractivity contribution is -0.138. The van der Waals surface area contributed by atoms with Crippen molar-refractivity contribution < 1.29 is 19.4 Å². The Morgan fingerprint density at radius 1 is 1.38 bits per heavy atom. The van der Waals surface area contributed by atoms with Crippen LogP contribution in [0.15, 0.2) is 18.2 Å². The van der Waals surface area contributed by atoms with Crippen LogP contribution in [0.1, 0.15) is 11.5 Å². The minimum absolute atomic E-state index is 0.0464. The zero-order valence-corrected chi connectivity index (χ0v) is 9.27. The summed E-state index contributed by atoms with van der Waals surface area (Å²) in [6.07, 6.45) is 0. The molecule has 0 heterocycles. The van der Waals surface area contributed by atoms with Crippen molar-refractivity contribution in [1.29, 1.82) is 0 Å². The van der Waals surface area contributed by atoms with E-state index >= 15 is 0 Å². The molecule has 0 saturated heterocycles. The van der Waals surface area contributed by atoms with E-state index in [1.54, 1.807) is 18.2 Å². The van der Waals surface area contributed by atoms with E-state index in [-0.39, 0.29) is 6.54 Å². The first kappa shape index (κ1) is 12.3. The molecule has 0 spiro atoms. The van der Waals surface area contributed by atoms with Gasteiger partial charge in [0.05, 0.1) is 20.1 Å². The van der Waals surface area contributed by atoms with Gasteiger partial charge in [-0.15, -0.1) is 0 Å². The number of carboxylic acids is 1. The van der Waals surface area contributed by atoms with Crippen LogP contribution in [0.4, 0.5) is 0 Å². The first-order valence-electron chi connectivity index (χ1n) is 4.78. The average molecular weight is 225 g/mol. The highest BCUT2D eigenvalue weighted by atomic mass is 16.5. The fourth-order valence-electron chi connectivity index (χ4n) is 1.45. The number of nitrogens with two attached hydrogens (primary N) is 1. The van der Waals surface area contributed by atoms with Gasteiger partial charge in [-0.3, -0.25) is 4.79 Å². The number of benzene rings is 1. The molecule has 0 fully saturated rings. The Kier molecular flexibility index (Phi) is 4.13. The molecule has 0 aliphatic heterocycles. The first-order chi connectivity index (χ1) is 7.63. The van der Waals surface area contributed by atoms with Gasteiger partial charge in [0.2, 0.25) is 0 Å². The molecule has 16 heavy (non-hydrogen) atoms. The van der Waals surface area contributed by atoms with Gasteiger partial charge in [0.25, 0.3) is 0 Å². The van der Waals surface area contributed by atoms with Gasteiger partial charge < -0.3 is 20.3 Å². The summed E-state index contributed by atoms with van der Waals surface area (Å²) < 4.78 is 10.2.